The maximum Gasteiger partial charge on any atom is 0.272 e. The number of rotatable bonds is 3. The number of benzene rings is 1. The van der Waals surface area contributed by atoms with E-state index in [2.05, 4.69) is 10.6 Å². The lowest BCUT2D eigenvalue weighted by Gasteiger charge is -2.39. The number of carbonyl (C=O) groups is 2. The summed E-state index contributed by atoms with van der Waals surface area (Å²) in [6.45, 7) is -0.0412. The Labute approximate surface area is 167 Å². The molecule has 0 unspecified atom stereocenters. The molecule has 2 aliphatic heterocycles. The number of hydrogen-bond donors (Lipinski definition) is 3. The van der Waals surface area contributed by atoms with Crippen molar-refractivity contribution in [1.29, 1.82) is 0 Å². The fraction of sp³-hybridized carbons (Fsp3) is 0.316. The standard InChI is InChI=1S/C19H16F3N3O5/c20-8-3-11(21)9(12(22)4-8)5-23-18(28)10-6-25-14-1-2-30-7-13(14)24-19(29)15(25)17(27)16(10)26/h3-4,6,13-14,27H,1-2,5,7H2,(H,23,28)(H,24,29)/t13-,14+/m0/s1. The van der Waals surface area contributed by atoms with Crippen LogP contribution in [0, 0.1) is 17.5 Å². The molecule has 2 atom stereocenters. The highest BCUT2D eigenvalue weighted by molar-refractivity contribution is 5.99. The van der Waals surface area contributed by atoms with Crippen LogP contribution in [0.1, 0.15) is 38.9 Å². The maximum atomic E-state index is 13.8. The van der Waals surface area contributed by atoms with Gasteiger partial charge in [-0.25, -0.2) is 13.2 Å². The van der Waals surface area contributed by atoms with E-state index in [9.17, 15) is 32.7 Å². The minimum absolute atomic E-state index is 0.230. The number of aromatic nitrogens is 1. The van der Waals surface area contributed by atoms with Crippen molar-refractivity contribution in [3.05, 3.63) is 62.8 Å². The normalized spacial score (nSPS) is 20.2. The smallest absolute Gasteiger partial charge is 0.272 e. The second kappa shape index (κ2) is 7.48. The molecule has 158 valence electrons. The van der Waals surface area contributed by atoms with Crippen molar-refractivity contribution in [1.82, 2.24) is 15.2 Å². The highest BCUT2D eigenvalue weighted by Gasteiger charge is 2.38. The second-order valence-electron chi connectivity index (χ2n) is 7.02. The van der Waals surface area contributed by atoms with E-state index < -0.39 is 64.2 Å². The van der Waals surface area contributed by atoms with Crippen molar-refractivity contribution >= 4 is 11.8 Å². The summed E-state index contributed by atoms with van der Waals surface area (Å²) in [6.07, 6.45) is 1.61. The minimum Gasteiger partial charge on any atom is -0.503 e. The van der Waals surface area contributed by atoms with E-state index >= 15 is 0 Å². The summed E-state index contributed by atoms with van der Waals surface area (Å²) in [7, 11) is 0. The molecule has 3 N–H and O–H groups in total. The number of carbonyl (C=O) groups excluding carboxylic acids is 2. The van der Waals surface area contributed by atoms with E-state index in [1.807, 2.05) is 0 Å². The molecule has 0 spiro atoms. The third-order valence-electron chi connectivity index (χ3n) is 5.20. The van der Waals surface area contributed by atoms with Gasteiger partial charge in [0.2, 0.25) is 5.43 Å². The number of pyridine rings is 1. The van der Waals surface area contributed by atoms with E-state index in [1.54, 1.807) is 0 Å². The van der Waals surface area contributed by atoms with Gasteiger partial charge in [-0.1, -0.05) is 0 Å². The number of ether oxygens (including phenoxy) is 1. The first-order valence-electron chi connectivity index (χ1n) is 9.06. The van der Waals surface area contributed by atoms with Crippen LogP contribution in [0.2, 0.25) is 0 Å². The van der Waals surface area contributed by atoms with Gasteiger partial charge >= 0.3 is 0 Å². The van der Waals surface area contributed by atoms with Crippen molar-refractivity contribution < 1.29 is 32.6 Å². The van der Waals surface area contributed by atoms with Crippen molar-refractivity contribution in [2.45, 2.75) is 25.0 Å². The number of nitrogens with one attached hydrogen (secondary N) is 2. The van der Waals surface area contributed by atoms with Gasteiger partial charge in [0.1, 0.15) is 23.0 Å². The molecule has 0 saturated carbocycles. The SMILES string of the molecule is O=C(NCc1c(F)cc(F)cc1F)c1cn2c(c(O)c1=O)C(=O)N[C@H]1COCC[C@H]12. The van der Waals surface area contributed by atoms with E-state index in [4.69, 9.17) is 4.74 Å². The Kier molecular flexibility index (Phi) is 4.98. The number of halogens is 3. The van der Waals surface area contributed by atoms with Gasteiger partial charge in [0, 0.05) is 37.0 Å². The summed E-state index contributed by atoms with van der Waals surface area (Å²) in [5.41, 5.74) is -2.45. The quantitative estimate of drug-likeness (QED) is 0.682. The number of aromatic hydroxyl groups is 1. The molecule has 1 saturated heterocycles. The molecule has 8 nitrogen and oxygen atoms in total. The van der Waals surface area contributed by atoms with E-state index in [-0.39, 0.29) is 18.3 Å². The first-order valence-corrected chi connectivity index (χ1v) is 9.06. The van der Waals surface area contributed by atoms with Crippen molar-refractivity contribution in [3.8, 4) is 5.75 Å². The van der Waals surface area contributed by atoms with Crippen LogP contribution in [-0.4, -0.2) is 40.7 Å². The summed E-state index contributed by atoms with van der Waals surface area (Å²) < 4.78 is 47.2. The van der Waals surface area contributed by atoms with Gasteiger partial charge in [0.05, 0.1) is 18.7 Å². The number of nitrogens with zero attached hydrogens (tertiary/aromatic N) is 1. The Bertz CT molecular complexity index is 1090. The minimum atomic E-state index is -1.19. The molecule has 4 rings (SSSR count). The molecule has 30 heavy (non-hydrogen) atoms. The van der Waals surface area contributed by atoms with Gasteiger partial charge in [0.25, 0.3) is 11.8 Å². The van der Waals surface area contributed by atoms with Crippen LogP contribution >= 0.6 is 0 Å². The summed E-state index contributed by atoms with van der Waals surface area (Å²) >= 11 is 0. The Balaban J connectivity index is 1.67. The van der Waals surface area contributed by atoms with Gasteiger partial charge in [0.15, 0.2) is 11.4 Å². The molecule has 1 aromatic carbocycles. The van der Waals surface area contributed by atoms with Gasteiger partial charge in [-0.05, 0) is 6.42 Å². The predicted octanol–water partition coefficient (Wildman–Crippen LogP) is 0.975. The van der Waals surface area contributed by atoms with Crippen molar-refractivity contribution in [2.75, 3.05) is 13.2 Å². The van der Waals surface area contributed by atoms with Gasteiger partial charge < -0.3 is 25.0 Å². The van der Waals surface area contributed by atoms with Crippen LogP contribution in [0.5, 0.6) is 5.75 Å². The topological polar surface area (TPSA) is 110 Å². The zero-order valence-corrected chi connectivity index (χ0v) is 15.4. The first-order chi connectivity index (χ1) is 14.3. The molecule has 2 amide bonds. The molecule has 1 fully saturated rings. The van der Waals surface area contributed by atoms with Gasteiger partial charge in [-0.2, -0.15) is 0 Å². The largest absolute Gasteiger partial charge is 0.503 e. The van der Waals surface area contributed by atoms with Crippen LogP contribution in [0.25, 0.3) is 0 Å². The summed E-state index contributed by atoms with van der Waals surface area (Å²) in [5.74, 6) is -6.09. The van der Waals surface area contributed by atoms with Crippen molar-refractivity contribution in [2.24, 2.45) is 0 Å². The predicted molar refractivity (Wildman–Crippen MR) is 95.6 cm³/mol. The molecule has 1 aromatic heterocycles. The molecular weight excluding hydrogens is 407 g/mol. The van der Waals surface area contributed by atoms with Gasteiger partial charge in [-0.15, -0.1) is 0 Å². The third kappa shape index (κ3) is 3.30. The lowest BCUT2D eigenvalue weighted by molar-refractivity contribution is 0.0290. The van der Waals surface area contributed by atoms with Crippen LogP contribution < -0.4 is 16.1 Å². The monoisotopic (exact) mass is 423 g/mol. The Hall–Kier alpha value is -3.34. The molecule has 0 aliphatic carbocycles. The molecule has 11 heteroatoms. The number of amides is 2. The molecule has 0 radical (unpaired) electrons. The average molecular weight is 423 g/mol. The third-order valence-corrected chi connectivity index (χ3v) is 5.20. The maximum absolute atomic E-state index is 13.8. The van der Waals surface area contributed by atoms with E-state index in [1.165, 1.54) is 4.57 Å². The van der Waals surface area contributed by atoms with E-state index in [0.29, 0.717) is 25.2 Å². The molecule has 2 aromatic rings. The molecular formula is C19H16F3N3O5. The summed E-state index contributed by atoms with van der Waals surface area (Å²) in [6, 6.07) is 0.178. The Morgan fingerprint density at radius 1 is 1.27 bits per heavy atom. The Morgan fingerprint density at radius 2 is 1.97 bits per heavy atom. The lowest BCUT2D eigenvalue weighted by atomic mass is 9.98. The molecule has 0 bridgehead atoms. The fourth-order valence-corrected chi connectivity index (χ4v) is 3.71. The zero-order chi connectivity index (χ0) is 21.6. The van der Waals surface area contributed by atoms with Crippen LogP contribution in [0.3, 0.4) is 0 Å². The van der Waals surface area contributed by atoms with Crippen LogP contribution in [0.15, 0.2) is 23.1 Å². The highest BCUT2D eigenvalue weighted by Crippen LogP contribution is 2.30. The fourth-order valence-electron chi connectivity index (χ4n) is 3.71. The molecule has 3 heterocycles. The van der Waals surface area contributed by atoms with Crippen molar-refractivity contribution in [3.63, 3.8) is 0 Å². The zero-order valence-electron chi connectivity index (χ0n) is 15.4. The number of fused-ring (bicyclic) bond motifs is 3. The van der Waals surface area contributed by atoms with E-state index in [0.717, 1.165) is 6.20 Å². The summed E-state index contributed by atoms with van der Waals surface area (Å²) in [5, 5.41) is 15.1. The molecule has 2 aliphatic rings. The summed E-state index contributed by atoms with van der Waals surface area (Å²) in [4.78, 5) is 37.3. The van der Waals surface area contributed by atoms with Crippen LogP contribution in [-0.2, 0) is 11.3 Å². The Morgan fingerprint density at radius 3 is 2.67 bits per heavy atom. The first kappa shape index (κ1) is 20.0. The second-order valence-corrected chi connectivity index (χ2v) is 7.02. The lowest BCUT2D eigenvalue weighted by Crippen LogP contribution is -2.53. The highest BCUT2D eigenvalue weighted by atomic mass is 19.1. The average Bonchev–Trinajstić information content (AvgIpc) is 2.69. The van der Waals surface area contributed by atoms with Gasteiger partial charge in [-0.3, -0.25) is 14.4 Å². The van der Waals surface area contributed by atoms with Crippen LogP contribution in [0.4, 0.5) is 13.2 Å². The number of hydrogen-bond acceptors (Lipinski definition) is 5.